The fraction of sp³-hybridized carbons (Fsp3) is 0.480. The lowest BCUT2D eigenvalue weighted by atomic mass is 10.1. The minimum atomic E-state index is 0.377. The lowest BCUT2D eigenvalue weighted by Gasteiger charge is -2.27. The zero-order valence-corrected chi connectivity index (χ0v) is 20.7. The molecule has 0 atom stereocenters. The number of nitrogens with zero attached hydrogens (tertiary/aromatic N) is 6. The summed E-state index contributed by atoms with van der Waals surface area (Å²) in [5.41, 5.74) is 14.3. The number of anilines is 4. The zero-order chi connectivity index (χ0) is 24.3. The lowest BCUT2D eigenvalue weighted by Crippen LogP contribution is -2.30. The van der Waals surface area contributed by atoms with Crippen molar-refractivity contribution in [3.63, 3.8) is 0 Å². The molecule has 9 heteroatoms. The second-order valence-electron chi connectivity index (χ2n) is 8.77. The average molecular weight is 465 g/mol. The number of aromatic amines is 1. The maximum Gasteiger partial charge on any atom is 0.222 e. The van der Waals surface area contributed by atoms with Crippen molar-refractivity contribution in [2.24, 2.45) is 0 Å². The van der Waals surface area contributed by atoms with Gasteiger partial charge in [0.2, 0.25) is 11.9 Å². The second-order valence-corrected chi connectivity index (χ2v) is 8.77. The van der Waals surface area contributed by atoms with E-state index in [9.17, 15) is 0 Å². The molecule has 9 nitrogen and oxygen atoms in total. The summed E-state index contributed by atoms with van der Waals surface area (Å²) in [4.78, 5) is 24.1. The number of nitrogens with one attached hydrogen (secondary N) is 1. The van der Waals surface area contributed by atoms with Crippen LogP contribution in [0.1, 0.15) is 49.1 Å². The van der Waals surface area contributed by atoms with Gasteiger partial charge in [-0.3, -0.25) is 0 Å². The quantitative estimate of drug-likeness (QED) is 0.593. The number of aryl methyl sites for hydroxylation is 3. The molecule has 5 rings (SSSR count). The molecule has 34 heavy (non-hydrogen) atoms. The highest BCUT2D eigenvalue weighted by Crippen LogP contribution is 2.19. The van der Waals surface area contributed by atoms with E-state index in [1.165, 1.54) is 37.7 Å². The van der Waals surface area contributed by atoms with Crippen molar-refractivity contribution < 1.29 is 4.98 Å². The van der Waals surface area contributed by atoms with Crippen LogP contribution < -0.4 is 26.3 Å². The summed E-state index contributed by atoms with van der Waals surface area (Å²) in [6.45, 7) is 10.3. The van der Waals surface area contributed by atoms with Gasteiger partial charge in [0, 0.05) is 61.3 Å². The van der Waals surface area contributed by atoms with Crippen LogP contribution in [-0.2, 0) is 0 Å². The fourth-order valence-corrected chi connectivity index (χ4v) is 4.03. The van der Waals surface area contributed by atoms with Gasteiger partial charge in [-0.1, -0.05) is 0 Å². The molecule has 0 amide bonds. The highest BCUT2D eigenvalue weighted by Gasteiger charge is 2.14. The number of nitrogen functional groups attached to an aromatic ring is 2. The number of H-pyrrole nitrogens is 1. The molecule has 0 radical (unpaired) electrons. The molecular formula is C25H38N9+. The van der Waals surface area contributed by atoms with Crippen LogP contribution in [0.15, 0.2) is 36.7 Å². The van der Waals surface area contributed by atoms with Crippen molar-refractivity contribution in [2.45, 2.75) is 52.9 Å². The van der Waals surface area contributed by atoms with E-state index in [1.807, 2.05) is 44.4 Å². The third kappa shape index (κ3) is 8.13. The van der Waals surface area contributed by atoms with Gasteiger partial charge in [0.05, 0.1) is 0 Å². The van der Waals surface area contributed by atoms with Crippen LogP contribution in [0.4, 0.5) is 23.5 Å². The first kappa shape index (κ1) is 25.1. The van der Waals surface area contributed by atoms with E-state index in [0.29, 0.717) is 11.9 Å². The Morgan fingerprint density at radius 2 is 1.18 bits per heavy atom. The highest BCUT2D eigenvalue weighted by molar-refractivity contribution is 5.44. The van der Waals surface area contributed by atoms with Gasteiger partial charge in [-0.05, 0) is 58.9 Å². The fourth-order valence-electron chi connectivity index (χ4n) is 4.03. The normalized spacial score (nSPS) is 15.1. The van der Waals surface area contributed by atoms with Gasteiger partial charge in [-0.15, -0.1) is 0 Å². The molecule has 2 aliphatic heterocycles. The van der Waals surface area contributed by atoms with Gasteiger partial charge < -0.3 is 21.3 Å². The third-order valence-corrected chi connectivity index (χ3v) is 5.69. The van der Waals surface area contributed by atoms with Gasteiger partial charge in [0.25, 0.3) is 0 Å². The van der Waals surface area contributed by atoms with E-state index in [0.717, 1.165) is 49.2 Å². The van der Waals surface area contributed by atoms with E-state index in [2.05, 4.69) is 47.7 Å². The molecular weight excluding hydrogens is 426 g/mol. The van der Waals surface area contributed by atoms with Crippen molar-refractivity contribution in [1.29, 1.82) is 0 Å². The van der Waals surface area contributed by atoms with Gasteiger partial charge in [-0.2, -0.15) is 9.97 Å². The molecule has 0 bridgehead atoms. The van der Waals surface area contributed by atoms with Crippen molar-refractivity contribution in [1.82, 2.24) is 19.9 Å². The SMILES string of the molecule is Cc1cc(N2CCCC2)nc(N)n1.Cc1cc(N2CCCCC2)nc(N)n1.Cc1ccc[nH+]c1. The summed E-state index contributed by atoms with van der Waals surface area (Å²) in [5.74, 6) is 2.71. The summed E-state index contributed by atoms with van der Waals surface area (Å²) in [7, 11) is 0. The molecule has 0 aliphatic carbocycles. The van der Waals surface area contributed by atoms with Crippen molar-refractivity contribution in [2.75, 3.05) is 47.4 Å². The Balaban J connectivity index is 0.000000151. The molecule has 3 aromatic rings. The molecule has 0 saturated carbocycles. The van der Waals surface area contributed by atoms with Crippen LogP contribution in [-0.4, -0.2) is 46.1 Å². The first-order valence-corrected chi connectivity index (χ1v) is 12.1. The molecule has 5 N–H and O–H groups in total. The van der Waals surface area contributed by atoms with E-state index in [1.54, 1.807) is 0 Å². The Morgan fingerprint density at radius 3 is 1.53 bits per heavy atom. The van der Waals surface area contributed by atoms with Crippen LogP contribution in [0.2, 0.25) is 0 Å². The Kier molecular flexibility index (Phi) is 9.37. The first-order valence-electron chi connectivity index (χ1n) is 12.1. The highest BCUT2D eigenvalue weighted by atomic mass is 15.2. The molecule has 182 valence electrons. The largest absolute Gasteiger partial charge is 0.368 e. The number of hydrogen-bond acceptors (Lipinski definition) is 8. The van der Waals surface area contributed by atoms with Gasteiger partial charge >= 0.3 is 0 Å². The number of pyridine rings is 1. The van der Waals surface area contributed by atoms with E-state index >= 15 is 0 Å². The second kappa shape index (κ2) is 12.7. The molecule has 0 spiro atoms. The number of rotatable bonds is 2. The smallest absolute Gasteiger partial charge is 0.222 e. The summed E-state index contributed by atoms with van der Waals surface area (Å²) in [6.07, 6.45) is 10.2. The number of nitrogens with two attached hydrogens (primary N) is 2. The number of hydrogen-bond donors (Lipinski definition) is 2. The predicted molar refractivity (Wildman–Crippen MR) is 138 cm³/mol. The minimum absolute atomic E-state index is 0.377. The summed E-state index contributed by atoms with van der Waals surface area (Å²) >= 11 is 0. The summed E-state index contributed by atoms with van der Waals surface area (Å²) < 4.78 is 0. The van der Waals surface area contributed by atoms with Crippen LogP contribution in [0.3, 0.4) is 0 Å². The van der Waals surface area contributed by atoms with Crippen LogP contribution in [0, 0.1) is 20.8 Å². The number of aromatic nitrogens is 5. The Hall–Kier alpha value is -3.49. The van der Waals surface area contributed by atoms with Gasteiger partial charge in [-0.25, -0.2) is 15.0 Å². The van der Waals surface area contributed by atoms with E-state index in [4.69, 9.17) is 11.5 Å². The van der Waals surface area contributed by atoms with E-state index < -0.39 is 0 Å². The molecule has 0 unspecified atom stereocenters. The van der Waals surface area contributed by atoms with E-state index in [-0.39, 0.29) is 0 Å². The molecule has 2 aliphatic rings. The van der Waals surface area contributed by atoms with Crippen molar-refractivity contribution >= 4 is 23.5 Å². The zero-order valence-electron chi connectivity index (χ0n) is 20.7. The Morgan fingerprint density at radius 1 is 0.706 bits per heavy atom. The Bertz CT molecular complexity index is 974. The summed E-state index contributed by atoms with van der Waals surface area (Å²) in [5, 5.41) is 0. The average Bonchev–Trinajstić information content (AvgIpc) is 3.35. The van der Waals surface area contributed by atoms with Crippen molar-refractivity contribution in [3.05, 3.63) is 53.6 Å². The standard InChI is InChI=1S/C10H16N4.C9H14N4.C6H7N/c1-8-7-9(13-10(11)12-8)14-5-3-2-4-6-14;1-7-6-8(12-9(10)11-7)13-4-2-3-5-13;1-6-3-2-4-7-5-6/h7H,2-6H2,1H3,(H2,11,12,13);6H,2-5H2,1H3,(H2,10,11,12);2-5H,1H3/p+1. The lowest BCUT2D eigenvalue weighted by molar-refractivity contribution is -0.378. The van der Waals surface area contributed by atoms with Gasteiger partial charge in [0.15, 0.2) is 12.4 Å². The molecule has 0 aromatic carbocycles. The first-order chi connectivity index (χ1) is 16.4. The predicted octanol–water partition coefficient (Wildman–Crippen LogP) is 3.13. The molecule has 5 heterocycles. The maximum absolute atomic E-state index is 5.62. The molecule has 3 aromatic heterocycles. The van der Waals surface area contributed by atoms with Crippen molar-refractivity contribution in [3.8, 4) is 0 Å². The minimum Gasteiger partial charge on any atom is -0.368 e. The monoisotopic (exact) mass is 464 g/mol. The van der Waals surface area contributed by atoms with Crippen LogP contribution >= 0.6 is 0 Å². The number of piperidine rings is 1. The van der Waals surface area contributed by atoms with Crippen LogP contribution in [0.5, 0.6) is 0 Å². The Labute approximate surface area is 202 Å². The maximum atomic E-state index is 5.62. The van der Waals surface area contributed by atoms with Gasteiger partial charge in [0.1, 0.15) is 11.6 Å². The molecule has 2 fully saturated rings. The van der Waals surface area contributed by atoms with Crippen LogP contribution in [0.25, 0.3) is 0 Å². The summed E-state index contributed by atoms with van der Waals surface area (Å²) in [6, 6.07) is 8.02. The molecule has 2 saturated heterocycles. The third-order valence-electron chi connectivity index (χ3n) is 5.69. The topological polar surface area (TPSA) is 124 Å².